The van der Waals surface area contributed by atoms with Crippen LogP contribution in [0, 0.1) is 0 Å². The highest BCUT2D eigenvalue weighted by Gasteiger charge is 2.17. The lowest BCUT2D eigenvalue weighted by molar-refractivity contribution is 0.0355. The monoisotopic (exact) mass is 502 g/mol. The van der Waals surface area contributed by atoms with Gasteiger partial charge in [0.25, 0.3) is 0 Å². The van der Waals surface area contributed by atoms with Crippen molar-refractivity contribution in [2.75, 3.05) is 13.2 Å². The van der Waals surface area contributed by atoms with E-state index in [9.17, 15) is 0 Å². The molecule has 2 aromatic carbocycles. The maximum atomic E-state index is 6.27. The Morgan fingerprint density at radius 3 is 1.69 bits per heavy atom. The number of unbranched alkanes of at least 4 members (excludes halogenated alkanes) is 8. The van der Waals surface area contributed by atoms with Gasteiger partial charge < -0.3 is 13.8 Å². The van der Waals surface area contributed by atoms with E-state index in [4.69, 9.17) is 18.3 Å². The second-order valence-electron chi connectivity index (χ2n) is 9.12. The summed E-state index contributed by atoms with van der Waals surface area (Å²) in [5.41, 5.74) is 0. The van der Waals surface area contributed by atoms with Crippen molar-refractivity contribution < 1.29 is 18.3 Å². The summed E-state index contributed by atoms with van der Waals surface area (Å²) >= 11 is 0. The van der Waals surface area contributed by atoms with E-state index in [1.54, 1.807) is 0 Å². The molecule has 196 valence electrons. The van der Waals surface area contributed by atoms with Crippen LogP contribution < -0.4 is 9.05 Å². The molecule has 0 saturated heterocycles. The molecule has 0 aromatic heterocycles. The first kappa shape index (κ1) is 29.6. The molecule has 0 aliphatic rings. The van der Waals surface area contributed by atoms with Crippen molar-refractivity contribution in [2.24, 2.45) is 0 Å². The lowest BCUT2D eigenvalue weighted by atomic mass is 10.1. The molecule has 0 spiro atoms. The smallest absolute Gasteiger partial charge is 0.418 e. The minimum absolute atomic E-state index is 0.373. The van der Waals surface area contributed by atoms with Gasteiger partial charge in [-0.3, -0.25) is 4.52 Å². The van der Waals surface area contributed by atoms with Gasteiger partial charge in [-0.2, -0.15) is 0 Å². The molecule has 0 radical (unpaired) electrons. The Labute approximate surface area is 215 Å². The summed E-state index contributed by atoms with van der Waals surface area (Å²) in [6.07, 6.45) is 16.4. The third-order valence-corrected chi connectivity index (χ3v) is 7.06. The summed E-state index contributed by atoms with van der Waals surface area (Å²) in [5.74, 6) is 1.51. The second-order valence-corrected chi connectivity index (χ2v) is 10.2. The average Bonchev–Trinajstić information content (AvgIpc) is 2.89. The Morgan fingerprint density at radius 2 is 1.09 bits per heavy atom. The molecular weight excluding hydrogens is 455 g/mol. The maximum absolute atomic E-state index is 6.27. The van der Waals surface area contributed by atoms with E-state index in [-0.39, 0.29) is 0 Å². The van der Waals surface area contributed by atoms with Gasteiger partial charge in [-0.05, 0) is 56.4 Å². The Balaban J connectivity index is 1.67. The minimum Gasteiger partial charge on any atom is -0.418 e. The molecule has 0 aliphatic carbocycles. The predicted molar refractivity (Wildman–Crippen MR) is 148 cm³/mol. The molecule has 0 heterocycles. The van der Waals surface area contributed by atoms with E-state index in [1.807, 2.05) is 60.7 Å². The van der Waals surface area contributed by atoms with Crippen LogP contribution in [0.3, 0.4) is 0 Å². The van der Waals surface area contributed by atoms with Gasteiger partial charge in [0.1, 0.15) is 11.5 Å². The highest BCUT2D eigenvalue weighted by Crippen LogP contribution is 2.41. The van der Waals surface area contributed by atoms with Crippen LogP contribution in [0.2, 0.25) is 0 Å². The van der Waals surface area contributed by atoms with Gasteiger partial charge in [-0.25, -0.2) is 0 Å². The first-order valence-corrected chi connectivity index (χ1v) is 14.9. The number of benzene rings is 2. The topological polar surface area (TPSA) is 36.9 Å². The third kappa shape index (κ3) is 15.2. The standard InChI is InChI=1S/C30H47O4P/c1-3-5-7-8-9-10-18-26-31-28(20-6-4-2)21-17-19-27-32-35(33-29-22-13-11-14-23-29)34-30-24-15-12-16-25-30/h11-16,22-25,28H,3-10,17-21,26-27H2,1-2H3. The highest BCUT2D eigenvalue weighted by molar-refractivity contribution is 7.42. The molecule has 0 N–H and O–H groups in total. The molecule has 0 bridgehead atoms. The molecule has 5 heteroatoms. The lowest BCUT2D eigenvalue weighted by Gasteiger charge is -2.19. The summed E-state index contributed by atoms with van der Waals surface area (Å²) < 4.78 is 24.3. The van der Waals surface area contributed by atoms with Gasteiger partial charge >= 0.3 is 8.60 Å². The van der Waals surface area contributed by atoms with Crippen molar-refractivity contribution in [3.05, 3.63) is 60.7 Å². The molecule has 0 saturated carbocycles. The number of rotatable bonds is 22. The van der Waals surface area contributed by atoms with Gasteiger partial charge in [-0.15, -0.1) is 0 Å². The van der Waals surface area contributed by atoms with Crippen LogP contribution in [0.25, 0.3) is 0 Å². The van der Waals surface area contributed by atoms with Gasteiger partial charge in [0.2, 0.25) is 0 Å². The normalized spacial score (nSPS) is 12.1. The average molecular weight is 503 g/mol. The predicted octanol–water partition coefficient (Wildman–Crippen LogP) is 9.88. The van der Waals surface area contributed by atoms with E-state index in [2.05, 4.69) is 13.8 Å². The van der Waals surface area contributed by atoms with Crippen molar-refractivity contribution in [3.63, 3.8) is 0 Å². The molecule has 35 heavy (non-hydrogen) atoms. The zero-order valence-electron chi connectivity index (χ0n) is 22.0. The first-order chi connectivity index (χ1) is 17.3. The second kappa shape index (κ2) is 20.6. The molecule has 0 amide bonds. The van der Waals surface area contributed by atoms with Crippen molar-refractivity contribution in [1.29, 1.82) is 0 Å². The van der Waals surface area contributed by atoms with Gasteiger partial charge in [0, 0.05) is 6.61 Å². The molecular formula is C30H47O4P. The van der Waals surface area contributed by atoms with Crippen LogP contribution in [-0.4, -0.2) is 19.3 Å². The van der Waals surface area contributed by atoms with Crippen molar-refractivity contribution in [3.8, 4) is 11.5 Å². The van der Waals surface area contributed by atoms with Crippen LogP contribution in [0.4, 0.5) is 0 Å². The fourth-order valence-corrected chi connectivity index (χ4v) is 4.88. The lowest BCUT2D eigenvalue weighted by Crippen LogP contribution is -2.14. The zero-order valence-corrected chi connectivity index (χ0v) is 22.9. The molecule has 1 atom stereocenters. The summed E-state index contributed by atoms with van der Waals surface area (Å²) in [6, 6.07) is 19.5. The van der Waals surface area contributed by atoms with Gasteiger partial charge in [0.05, 0.1) is 12.7 Å². The number of para-hydroxylation sites is 2. The van der Waals surface area contributed by atoms with Gasteiger partial charge in [0.15, 0.2) is 0 Å². The molecule has 2 aromatic rings. The Bertz CT molecular complexity index is 671. The molecule has 4 nitrogen and oxygen atoms in total. The summed E-state index contributed by atoms with van der Waals surface area (Å²) in [6.45, 7) is 6.04. The fraction of sp³-hybridized carbons (Fsp3) is 0.600. The number of hydrogen-bond acceptors (Lipinski definition) is 4. The number of ether oxygens (including phenoxy) is 1. The van der Waals surface area contributed by atoms with E-state index in [0.29, 0.717) is 12.7 Å². The number of hydrogen-bond donors (Lipinski definition) is 0. The Kier molecular flexibility index (Phi) is 17.4. The zero-order chi connectivity index (χ0) is 24.8. The molecule has 1 unspecified atom stereocenters. The fourth-order valence-electron chi connectivity index (χ4n) is 3.87. The van der Waals surface area contributed by atoms with Crippen molar-refractivity contribution >= 4 is 8.60 Å². The minimum atomic E-state index is -1.51. The van der Waals surface area contributed by atoms with Crippen molar-refractivity contribution in [1.82, 2.24) is 0 Å². The summed E-state index contributed by atoms with van der Waals surface area (Å²) in [5, 5.41) is 0. The van der Waals surface area contributed by atoms with E-state index in [0.717, 1.165) is 43.8 Å². The first-order valence-electron chi connectivity index (χ1n) is 13.8. The van der Waals surface area contributed by atoms with Crippen LogP contribution in [0.15, 0.2) is 60.7 Å². The Morgan fingerprint density at radius 1 is 0.571 bits per heavy atom. The molecule has 0 aliphatic heterocycles. The maximum Gasteiger partial charge on any atom is 0.463 e. The quantitative estimate of drug-likeness (QED) is 0.119. The van der Waals surface area contributed by atoms with Gasteiger partial charge in [-0.1, -0.05) is 102 Å². The summed E-state index contributed by atoms with van der Waals surface area (Å²) in [7, 11) is -1.51. The largest absolute Gasteiger partial charge is 0.463 e. The summed E-state index contributed by atoms with van der Waals surface area (Å²) in [4.78, 5) is 0. The van der Waals surface area contributed by atoms with E-state index < -0.39 is 8.60 Å². The van der Waals surface area contributed by atoms with Crippen LogP contribution in [-0.2, 0) is 9.26 Å². The van der Waals surface area contributed by atoms with Crippen LogP contribution in [0.1, 0.15) is 97.3 Å². The molecule has 0 fully saturated rings. The SMILES string of the molecule is CCCCCCCCCOC(CCCC)CCCCOP(Oc1ccccc1)Oc1ccccc1. The third-order valence-electron chi connectivity index (χ3n) is 5.94. The highest BCUT2D eigenvalue weighted by atomic mass is 31.2. The van der Waals surface area contributed by atoms with E-state index in [1.165, 1.54) is 57.8 Å². The van der Waals surface area contributed by atoms with Crippen LogP contribution >= 0.6 is 8.60 Å². The van der Waals surface area contributed by atoms with Crippen LogP contribution in [0.5, 0.6) is 11.5 Å². The van der Waals surface area contributed by atoms with Crippen molar-refractivity contribution in [2.45, 2.75) is 103 Å². The Hall–Kier alpha value is -1.61. The van der Waals surface area contributed by atoms with E-state index >= 15 is 0 Å². The molecule has 2 rings (SSSR count).